The standard InChI is InChI=1S/C16H19ClN2O/c1-4-12-9-13(19(5-2)18-12)10-15(20)14-8-6-7-11(3)16(14)17/h6-9H,4-5,10H2,1-3H3. The molecule has 106 valence electrons. The van der Waals surface area contributed by atoms with E-state index in [1.54, 1.807) is 6.07 Å². The fourth-order valence-corrected chi connectivity index (χ4v) is 2.46. The zero-order valence-corrected chi connectivity index (χ0v) is 12.9. The van der Waals surface area contributed by atoms with Crippen molar-refractivity contribution in [1.82, 2.24) is 9.78 Å². The number of hydrogen-bond acceptors (Lipinski definition) is 2. The molecule has 1 aromatic carbocycles. The van der Waals surface area contributed by atoms with Crippen LogP contribution in [0.1, 0.15) is 41.2 Å². The second kappa shape index (κ2) is 6.23. The van der Waals surface area contributed by atoms with Crippen LogP contribution in [0.15, 0.2) is 24.3 Å². The van der Waals surface area contributed by atoms with Crippen molar-refractivity contribution >= 4 is 17.4 Å². The van der Waals surface area contributed by atoms with Crippen molar-refractivity contribution in [3.63, 3.8) is 0 Å². The smallest absolute Gasteiger partial charge is 0.170 e. The monoisotopic (exact) mass is 290 g/mol. The summed E-state index contributed by atoms with van der Waals surface area (Å²) in [6, 6.07) is 7.56. The van der Waals surface area contributed by atoms with E-state index in [2.05, 4.69) is 12.0 Å². The number of aromatic nitrogens is 2. The average Bonchev–Trinajstić information content (AvgIpc) is 2.84. The lowest BCUT2D eigenvalue weighted by Gasteiger charge is -2.07. The quantitative estimate of drug-likeness (QED) is 0.784. The Morgan fingerprint density at radius 1 is 1.35 bits per heavy atom. The summed E-state index contributed by atoms with van der Waals surface area (Å²) in [6.45, 7) is 6.76. The molecular weight excluding hydrogens is 272 g/mol. The summed E-state index contributed by atoms with van der Waals surface area (Å²) in [5, 5.41) is 5.02. The van der Waals surface area contributed by atoms with Crippen molar-refractivity contribution in [2.75, 3.05) is 0 Å². The summed E-state index contributed by atoms with van der Waals surface area (Å²) >= 11 is 6.22. The number of hydrogen-bond donors (Lipinski definition) is 0. The summed E-state index contributed by atoms with van der Waals surface area (Å²) in [5.41, 5.74) is 3.49. The van der Waals surface area contributed by atoms with Gasteiger partial charge in [0.25, 0.3) is 0 Å². The lowest BCUT2D eigenvalue weighted by atomic mass is 10.0. The molecule has 2 rings (SSSR count). The highest BCUT2D eigenvalue weighted by molar-refractivity contribution is 6.34. The van der Waals surface area contributed by atoms with E-state index in [4.69, 9.17) is 11.6 Å². The van der Waals surface area contributed by atoms with Crippen LogP contribution in [-0.4, -0.2) is 15.6 Å². The highest BCUT2D eigenvalue weighted by Gasteiger charge is 2.15. The Bertz CT molecular complexity index is 631. The lowest BCUT2D eigenvalue weighted by Crippen LogP contribution is -2.10. The van der Waals surface area contributed by atoms with Crippen LogP contribution in [-0.2, 0) is 19.4 Å². The van der Waals surface area contributed by atoms with Crippen LogP contribution in [0.3, 0.4) is 0 Å². The fourth-order valence-electron chi connectivity index (χ4n) is 2.23. The zero-order valence-electron chi connectivity index (χ0n) is 12.1. The Kier molecular flexibility index (Phi) is 4.61. The van der Waals surface area contributed by atoms with Crippen molar-refractivity contribution in [3.8, 4) is 0 Å². The van der Waals surface area contributed by atoms with Gasteiger partial charge in [-0.1, -0.05) is 30.7 Å². The van der Waals surface area contributed by atoms with Gasteiger partial charge in [-0.3, -0.25) is 9.48 Å². The van der Waals surface area contributed by atoms with Gasteiger partial charge in [0, 0.05) is 17.8 Å². The van der Waals surface area contributed by atoms with Crippen LogP contribution in [0.2, 0.25) is 5.02 Å². The molecule has 0 unspecified atom stereocenters. The van der Waals surface area contributed by atoms with Crippen LogP contribution in [0.4, 0.5) is 0 Å². The number of Topliss-reactive ketones (excluding diaryl/α,β-unsaturated/α-hetero) is 1. The van der Waals surface area contributed by atoms with Crippen LogP contribution in [0, 0.1) is 6.92 Å². The van der Waals surface area contributed by atoms with E-state index in [0.717, 1.165) is 29.9 Å². The van der Waals surface area contributed by atoms with E-state index in [1.165, 1.54) is 0 Å². The van der Waals surface area contributed by atoms with E-state index >= 15 is 0 Å². The first kappa shape index (κ1) is 14.8. The zero-order chi connectivity index (χ0) is 14.7. The highest BCUT2D eigenvalue weighted by atomic mass is 35.5. The Morgan fingerprint density at radius 3 is 2.75 bits per heavy atom. The largest absolute Gasteiger partial charge is 0.294 e. The Morgan fingerprint density at radius 2 is 2.10 bits per heavy atom. The number of ketones is 1. The second-order valence-electron chi connectivity index (χ2n) is 4.83. The van der Waals surface area contributed by atoms with Gasteiger partial charge in [-0.2, -0.15) is 5.10 Å². The topological polar surface area (TPSA) is 34.9 Å². The molecule has 0 aliphatic carbocycles. The molecule has 0 amide bonds. The molecule has 4 heteroatoms. The third kappa shape index (κ3) is 2.93. The van der Waals surface area contributed by atoms with Crippen LogP contribution >= 0.6 is 11.6 Å². The van der Waals surface area contributed by atoms with E-state index in [9.17, 15) is 4.79 Å². The van der Waals surface area contributed by atoms with E-state index in [1.807, 2.05) is 36.7 Å². The van der Waals surface area contributed by atoms with Gasteiger partial charge in [-0.15, -0.1) is 0 Å². The Labute approximate surface area is 124 Å². The molecular formula is C16H19ClN2O. The molecule has 0 saturated heterocycles. The molecule has 0 radical (unpaired) electrons. The first-order chi connectivity index (χ1) is 9.56. The Balaban J connectivity index is 2.27. The number of benzene rings is 1. The molecule has 3 nitrogen and oxygen atoms in total. The number of nitrogens with zero attached hydrogens (tertiary/aromatic N) is 2. The van der Waals surface area contributed by atoms with Crippen LogP contribution in [0.25, 0.3) is 0 Å². The summed E-state index contributed by atoms with van der Waals surface area (Å²) in [6.07, 6.45) is 1.21. The molecule has 1 heterocycles. The van der Waals surface area contributed by atoms with E-state index < -0.39 is 0 Å². The minimum atomic E-state index is 0.0379. The molecule has 0 fully saturated rings. The van der Waals surface area contributed by atoms with Gasteiger partial charge in [-0.05, 0) is 38.0 Å². The average molecular weight is 291 g/mol. The Hall–Kier alpha value is -1.61. The number of aryl methyl sites for hydroxylation is 3. The van der Waals surface area contributed by atoms with Crippen molar-refractivity contribution in [2.24, 2.45) is 0 Å². The molecule has 20 heavy (non-hydrogen) atoms. The molecule has 1 aromatic heterocycles. The van der Waals surface area contributed by atoms with Crippen molar-refractivity contribution in [3.05, 3.63) is 51.8 Å². The van der Waals surface area contributed by atoms with Gasteiger partial charge >= 0.3 is 0 Å². The normalized spacial score (nSPS) is 10.8. The molecule has 0 bridgehead atoms. The predicted molar refractivity (Wildman–Crippen MR) is 81.5 cm³/mol. The summed E-state index contributed by atoms with van der Waals surface area (Å²) in [4.78, 5) is 12.4. The summed E-state index contributed by atoms with van der Waals surface area (Å²) < 4.78 is 1.89. The summed E-state index contributed by atoms with van der Waals surface area (Å²) in [5.74, 6) is 0.0379. The van der Waals surface area contributed by atoms with Crippen molar-refractivity contribution in [1.29, 1.82) is 0 Å². The minimum absolute atomic E-state index is 0.0379. The number of carbonyl (C=O) groups excluding carboxylic acids is 1. The molecule has 0 aliphatic heterocycles. The third-order valence-electron chi connectivity index (χ3n) is 3.41. The maximum Gasteiger partial charge on any atom is 0.170 e. The van der Waals surface area contributed by atoms with Crippen LogP contribution in [0.5, 0.6) is 0 Å². The molecule has 0 saturated carbocycles. The van der Waals surface area contributed by atoms with Crippen molar-refractivity contribution in [2.45, 2.75) is 40.2 Å². The van der Waals surface area contributed by atoms with Gasteiger partial charge in [0.05, 0.1) is 17.1 Å². The minimum Gasteiger partial charge on any atom is -0.294 e. The van der Waals surface area contributed by atoms with E-state index in [-0.39, 0.29) is 5.78 Å². The third-order valence-corrected chi connectivity index (χ3v) is 3.91. The van der Waals surface area contributed by atoms with Crippen molar-refractivity contribution < 1.29 is 4.79 Å². The molecule has 2 aromatic rings. The van der Waals surface area contributed by atoms with Gasteiger partial charge < -0.3 is 0 Å². The lowest BCUT2D eigenvalue weighted by molar-refractivity contribution is 0.0990. The second-order valence-corrected chi connectivity index (χ2v) is 5.21. The molecule has 0 spiro atoms. The molecule has 0 atom stereocenters. The first-order valence-electron chi connectivity index (χ1n) is 6.90. The van der Waals surface area contributed by atoms with Gasteiger partial charge in [-0.25, -0.2) is 0 Å². The fraction of sp³-hybridized carbons (Fsp3) is 0.375. The predicted octanol–water partition coefficient (Wildman–Crippen LogP) is 3.85. The highest BCUT2D eigenvalue weighted by Crippen LogP contribution is 2.22. The first-order valence-corrected chi connectivity index (χ1v) is 7.28. The van der Waals surface area contributed by atoms with Gasteiger partial charge in [0.2, 0.25) is 0 Å². The van der Waals surface area contributed by atoms with Gasteiger partial charge in [0.15, 0.2) is 5.78 Å². The molecule has 0 N–H and O–H groups in total. The maximum absolute atomic E-state index is 12.4. The van der Waals surface area contributed by atoms with E-state index in [0.29, 0.717) is 17.0 Å². The number of rotatable bonds is 5. The van der Waals surface area contributed by atoms with Crippen LogP contribution < -0.4 is 0 Å². The van der Waals surface area contributed by atoms with Gasteiger partial charge in [0.1, 0.15) is 0 Å². The number of halogens is 1. The number of carbonyl (C=O) groups is 1. The maximum atomic E-state index is 12.4. The SMILES string of the molecule is CCc1cc(CC(=O)c2cccc(C)c2Cl)n(CC)n1. The molecule has 0 aliphatic rings. The summed E-state index contributed by atoms with van der Waals surface area (Å²) in [7, 11) is 0.